The standard InChI is InChI=1S/C24H19Cl2N3O2/c25-20-11-10-19(21(26)14-20)15-27-22(30)12-13-23-28-24(29-31-23)18-8-6-17(7-9-18)16-4-2-1-3-5-16/h1-11,14H,12-13,15H2,(H,27,30). The van der Waals surface area contributed by atoms with Gasteiger partial charge in [0.25, 0.3) is 0 Å². The van der Waals surface area contributed by atoms with Gasteiger partial charge in [-0.1, -0.05) is 89.0 Å². The van der Waals surface area contributed by atoms with Gasteiger partial charge in [0.2, 0.25) is 17.6 Å². The summed E-state index contributed by atoms with van der Waals surface area (Å²) in [7, 11) is 0. The highest BCUT2D eigenvalue weighted by Crippen LogP contribution is 2.23. The highest BCUT2D eigenvalue weighted by Gasteiger charge is 2.11. The Morgan fingerprint density at radius 1 is 0.903 bits per heavy atom. The summed E-state index contributed by atoms with van der Waals surface area (Å²) in [5, 5.41) is 7.94. The highest BCUT2D eigenvalue weighted by atomic mass is 35.5. The van der Waals surface area contributed by atoms with Crippen molar-refractivity contribution in [2.24, 2.45) is 0 Å². The van der Waals surface area contributed by atoms with E-state index in [0.717, 1.165) is 22.3 Å². The average molecular weight is 452 g/mol. The normalized spacial score (nSPS) is 10.8. The smallest absolute Gasteiger partial charge is 0.227 e. The van der Waals surface area contributed by atoms with Gasteiger partial charge in [-0.25, -0.2) is 0 Å². The zero-order valence-corrected chi connectivity index (χ0v) is 18.0. The lowest BCUT2D eigenvalue weighted by Gasteiger charge is -2.06. The van der Waals surface area contributed by atoms with Crippen molar-refractivity contribution in [2.45, 2.75) is 19.4 Å². The third-order valence-electron chi connectivity index (χ3n) is 4.78. The number of carbonyl (C=O) groups excluding carboxylic acids is 1. The van der Waals surface area contributed by atoms with Crippen LogP contribution in [-0.4, -0.2) is 16.0 Å². The molecular weight excluding hydrogens is 433 g/mol. The number of carbonyl (C=O) groups is 1. The minimum Gasteiger partial charge on any atom is -0.352 e. The molecule has 4 aromatic rings. The fraction of sp³-hybridized carbons (Fsp3) is 0.125. The summed E-state index contributed by atoms with van der Waals surface area (Å²) in [6.45, 7) is 0.331. The van der Waals surface area contributed by atoms with Gasteiger partial charge in [0.05, 0.1) is 0 Å². The fourth-order valence-corrected chi connectivity index (χ4v) is 3.56. The number of aromatic nitrogens is 2. The topological polar surface area (TPSA) is 68.0 Å². The number of rotatable bonds is 7. The van der Waals surface area contributed by atoms with Gasteiger partial charge in [0.1, 0.15) is 0 Å². The number of halogens is 2. The fourth-order valence-electron chi connectivity index (χ4n) is 3.08. The molecule has 0 fully saturated rings. The van der Waals surface area contributed by atoms with E-state index in [1.165, 1.54) is 0 Å². The Bertz CT molecular complexity index is 1180. The summed E-state index contributed by atoms with van der Waals surface area (Å²) < 4.78 is 5.30. The molecule has 1 heterocycles. The third-order valence-corrected chi connectivity index (χ3v) is 5.36. The van der Waals surface area contributed by atoms with Gasteiger partial charge in [0, 0.05) is 35.0 Å². The third kappa shape index (κ3) is 5.51. The lowest BCUT2D eigenvalue weighted by molar-refractivity contribution is -0.121. The van der Waals surface area contributed by atoms with Gasteiger partial charge in [-0.2, -0.15) is 4.98 Å². The van der Waals surface area contributed by atoms with Gasteiger partial charge < -0.3 is 9.84 Å². The Balaban J connectivity index is 1.31. The zero-order chi connectivity index (χ0) is 21.6. The first-order valence-electron chi connectivity index (χ1n) is 9.77. The average Bonchev–Trinajstić information content (AvgIpc) is 3.27. The van der Waals surface area contributed by atoms with Crippen LogP contribution < -0.4 is 5.32 Å². The zero-order valence-electron chi connectivity index (χ0n) is 16.5. The van der Waals surface area contributed by atoms with Gasteiger partial charge in [-0.05, 0) is 28.8 Å². The minimum absolute atomic E-state index is 0.127. The Kier molecular flexibility index (Phi) is 6.65. The van der Waals surface area contributed by atoms with E-state index in [0.29, 0.717) is 34.7 Å². The summed E-state index contributed by atoms with van der Waals surface area (Å²) in [6.07, 6.45) is 0.592. The molecule has 3 aromatic carbocycles. The molecule has 0 saturated heterocycles. The largest absolute Gasteiger partial charge is 0.352 e. The van der Waals surface area contributed by atoms with Gasteiger partial charge in [0.15, 0.2) is 0 Å². The van der Waals surface area contributed by atoms with E-state index < -0.39 is 0 Å². The summed E-state index contributed by atoms with van der Waals surface area (Å²) in [5.74, 6) is 0.794. The molecule has 1 aromatic heterocycles. The first-order valence-corrected chi connectivity index (χ1v) is 10.5. The van der Waals surface area contributed by atoms with Crippen LogP contribution in [0.25, 0.3) is 22.5 Å². The predicted molar refractivity (Wildman–Crippen MR) is 122 cm³/mol. The number of hydrogen-bond acceptors (Lipinski definition) is 4. The molecule has 0 spiro atoms. The van der Waals surface area contributed by atoms with Crippen molar-refractivity contribution in [1.82, 2.24) is 15.5 Å². The Morgan fingerprint density at radius 3 is 2.35 bits per heavy atom. The molecule has 1 N–H and O–H groups in total. The van der Waals surface area contributed by atoms with Crippen molar-refractivity contribution in [3.63, 3.8) is 0 Å². The second kappa shape index (κ2) is 9.77. The molecule has 156 valence electrons. The molecule has 0 atom stereocenters. The number of amides is 1. The van der Waals surface area contributed by atoms with Crippen molar-refractivity contribution in [1.29, 1.82) is 0 Å². The van der Waals surface area contributed by atoms with E-state index in [2.05, 4.69) is 27.6 Å². The molecule has 0 radical (unpaired) electrons. The van der Waals surface area contributed by atoms with E-state index in [9.17, 15) is 4.79 Å². The van der Waals surface area contributed by atoms with Gasteiger partial charge in [-0.15, -0.1) is 0 Å². The molecule has 1 amide bonds. The molecule has 0 aliphatic rings. The Hall–Kier alpha value is -3.15. The van der Waals surface area contributed by atoms with E-state index in [-0.39, 0.29) is 12.3 Å². The first-order chi connectivity index (χ1) is 15.1. The monoisotopic (exact) mass is 451 g/mol. The van der Waals surface area contributed by atoms with Gasteiger partial charge in [-0.3, -0.25) is 4.79 Å². The van der Waals surface area contributed by atoms with Crippen LogP contribution >= 0.6 is 23.2 Å². The van der Waals surface area contributed by atoms with E-state index in [1.54, 1.807) is 18.2 Å². The van der Waals surface area contributed by atoms with Crippen LogP contribution in [0.2, 0.25) is 10.0 Å². The number of nitrogens with zero attached hydrogens (tertiary/aromatic N) is 2. The molecule has 0 bridgehead atoms. The maximum atomic E-state index is 12.1. The van der Waals surface area contributed by atoms with E-state index in [1.807, 2.05) is 42.5 Å². The molecule has 7 heteroatoms. The number of benzene rings is 3. The Labute approximate surface area is 190 Å². The second-order valence-corrected chi connectivity index (χ2v) is 7.81. The summed E-state index contributed by atoms with van der Waals surface area (Å²) in [4.78, 5) is 16.6. The summed E-state index contributed by atoms with van der Waals surface area (Å²) in [5.41, 5.74) is 3.93. The van der Waals surface area contributed by atoms with Crippen LogP contribution in [0, 0.1) is 0 Å². The molecular formula is C24H19Cl2N3O2. The lowest BCUT2D eigenvalue weighted by Crippen LogP contribution is -2.23. The van der Waals surface area contributed by atoms with Gasteiger partial charge >= 0.3 is 0 Å². The van der Waals surface area contributed by atoms with Crippen molar-refractivity contribution in [3.8, 4) is 22.5 Å². The first kappa shape index (κ1) is 21.1. The number of hydrogen-bond donors (Lipinski definition) is 1. The van der Waals surface area contributed by atoms with Crippen LogP contribution in [0.4, 0.5) is 0 Å². The summed E-state index contributed by atoms with van der Waals surface area (Å²) >= 11 is 12.0. The highest BCUT2D eigenvalue weighted by molar-refractivity contribution is 6.35. The quantitative estimate of drug-likeness (QED) is 0.376. The van der Waals surface area contributed by atoms with Crippen molar-refractivity contribution in [2.75, 3.05) is 0 Å². The molecule has 0 aliphatic carbocycles. The predicted octanol–water partition coefficient (Wildman–Crippen LogP) is 5.96. The van der Waals surface area contributed by atoms with Crippen molar-refractivity contribution < 1.29 is 9.32 Å². The minimum atomic E-state index is -0.127. The van der Waals surface area contributed by atoms with Crippen LogP contribution in [0.5, 0.6) is 0 Å². The molecule has 4 rings (SSSR count). The lowest BCUT2D eigenvalue weighted by atomic mass is 10.0. The molecule has 5 nitrogen and oxygen atoms in total. The molecule has 0 saturated carbocycles. The van der Waals surface area contributed by atoms with Crippen molar-refractivity contribution in [3.05, 3.63) is 94.3 Å². The van der Waals surface area contributed by atoms with E-state index >= 15 is 0 Å². The molecule has 0 aliphatic heterocycles. The SMILES string of the molecule is O=C(CCc1nc(-c2ccc(-c3ccccc3)cc2)no1)NCc1ccc(Cl)cc1Cl. The number of nitrogens with one attached hydrogen (secondary N) is 1. The Morgan fingerprint density at radius 2 is 1.61 bits per heavy atom. The van der Waals surface area contributed by atoms with Crippen LogP contribution in [-0.2, 0) is 17.8 Å². The maximum Gasteiger partial charge on any atom is 0.227 e. The van der Waals surface area contributed by atoms with Crippen LogP contribution in [0.1, 0.15) is 17.9 Å². The second-order valence-electron chi connectivity index (χ2n) is 6.97. The number of aryl methyl sites for hydroxylation is 1. The maximum absolute atomic E-state index is 12.1. The molecule has 31 heavy (non-hydrogen) atoms. The van der Waals surface area contributed by atoms with Crippen LogP contribution in [0.3, 0.4) is 0 Å². The summed E-state index contributed by atoms with van der Waals surface area (Å²) in [6, 6.07) is 23.3. The van der Waals surface area contributed by atoms with Crippen molar-refractivity contribution >= 4 is 29.1 Å². The van der Waals surface area contributed by atoms with Crippen LogP contribution in [0.15, 0.2) is 77.3 Å². The molecule has 0 unspecified atom stereocenters. The van der Waals surface area contributed by atoms with E-state index in [4.69, 9.17) is 27.7 Å².